The molecule has 1 amide bonds. The number of primary amides is 1. The van der Waals surface area contributed by atoms with Crippen LogP contribution in [-0.4, -0.2) is 17.1 Å². The Hall–Kier alpha value is -0.830. The van der Waals surface area contributed by atoms with Crippen LogP contribution >= 0.6 is 0 Å². The van der Waals surface area contributed by atoms with Crippen molar-refractivity contribution in [3.05, 3.63) is 12.2 Å². The smallest absolute Gasteiger partial charge is 0.246 e. The molecule has 0 rings (SSSR count). The van der Waals surface area contributed by atoms with E-state index in [0.717, 1.165) is 0 Å². The maximum Gasteiger partial charge on any atom is 0.246 e. The predicted octanol–water partition coefficient (Wildman–Crippen LogP) is -0.591. The van der Waals surface area contributed by atoms with Gasteiger partial charge in [-0.2, -0.15) is 0 Å². The monoisotopic (exact) mass is 115 g/mol. The van der Waals surface area contributed by atoms with Crippen molar-refractivity contribution in [2.45, 2.75) is 13.0 Å². The SMILES string of the molecule is C=C(C(N)=O)C(C)O. The van der Waals surface area contributed by atoms with Gasteiger partial charge in [-0.25, -0.2) is 0 Å². The summed E-state index contributed by atoms with van der Waals surface area (Å²) in [4.78, 5) is 10.1. The van der Waals surface area contributed by atoms with Crippen molar-refractivity contribution in [1.29, 1.82) is 0 Å². The number of rotatable bonds is 2. The highest BCUT2D eigenvalue weighted by Crippen LogP contribution is 1.94. The van der Waals surface area contributed by atoms with Crippen LogP contribution in [0.3, 0.4) is 0 Å². The van der Waals surface area contributed by atoms with E-state index >= 15 is 0 Å². The van der Waals surface area contributed by atoms with Crippen LogP contribution in [0.5, 0.6) is 0 Å². The zero-order valence-electron chi connectivity index (χ0n) is 4.72. The minimum absolute atomic E-state index is 0.0463. The lowest BCUT2D eigenvalue weighted by molar-refractivity contribution is -0.115. The lowest BCUT2D eigenvalue weighted by atomic mass is 10.2. The van der Waals surface area contributed by atoms with Crippen LogP contribution in [0.4, 0.5) is 0 Å². The summed E-state index contributed by atoms with van der Waals surface area (Å²) in [5.74, 6) is -0.653. The Kier molecular flexibility index (Phi) is 2.21. The van der Waals surface area contributed by atoms with E-state index < -0.39 is 12.0 Å². The summed E-state index contributed by atoms with van der Waals surface area (Å²) in [5.41, 5.74) is 4.78. The third kappa shape index (κ3) is 1.75. The van der Waals surface area contributed by atoms with Crippen molar-refractivity contribution >= 4 is 5.91 Å². The number of hydrogen-bond donors (Lipinski definition) is 2. The first-order chi connectivity index (χ1) is 3.55. The standard InChI is InChI=1S/C5H9NO2/c1-3(4(2)7)5(6)8/h4,7H,1H2,2H3,(H2,6,8). The Labute approximate surface area is 47.8 Å². The van der Waals surface area contributed by atoms with Gasteiger partial charge in [-0.3, -0.25) is 4.79 Å². The lowest BCUT2D eigenvalue weighted by Gasteiger charge is -2.00. The molecule has 1 atom stereocenters. The van der Waals surface area contributed by atoms with E-state index in [1.807, 2.05) is 0 Å². The largest absolute Gasteiger partial charge is 0.389 e. The minimum Gasteiger partial charge on any atom is -0.389 e. The second-order valence-electron chi connectivity index (χ2n) is 1.57. The normalized spacial score (nSPS) is 12.8. The van der Waals surface area contributed by atoms with Crippen LogP contribution in [0.1, 0.15) is 6.92 Å². The fraction of sp³-hybridized carbons (Fsp3) is 0.400. The Morgan fingerprint density at radius 3 is 2.25 bits per heavy atom. The van der Waals surface area contributed by atoms with Crippen molar-refractivity contribution in [2.24, 2.45) is 5.73 Å². The number of amides is 1. The maximum atomic E-state index is 10.1. The zero-order chi connectivity index (χ0) is 6.73. The molecule has 0 spiro atoms. The average molecular weight is 115 g/mol. The third-order valence-electron chi connectivity index (χ3n) is 0.821. The topological polar surface area (TPSA) is 63.3 Å². The van der Waals surface area contributed by atoms with Crippen molar-refractivity contribution < 1.29 is 9.90 Å². The number of carbonyl (C=O) groups excluding carboxylic acids is 1. The molecule has 0 fully saturated rings. The van der Waals surface area contributed by atoms with Gasteiger partial charge in [0.05, 0.1) is 6.10 Å². The quantitative estimate of drug-likeness (QED) is 0.472. The second kappa shape index (κ2) is 2.47. The van der Waals surface area contributed by atoms with Gasteiger partial charge >= 0.3 is 0 Å². The molecule has 46 valence electrons. The van der Waals surface area contributed by atoms with Crippen molar-refractivity contribution in [3.8, 4) is 0 Å². The Morgan fingerprint density at radius 1 is 1.88 bits per heavy atom. The fourth-order valence-corrected chi connectivity index (χ4v) is 0.206. The van der Waals surface area contributed by atoms with Crippen molar-refractivity contribution in [1.82, 2.24) is 0 Å². The summed E-state index contributed by atoms with van der Waals surface area (Å²) in [6.45, 7) is 4.67. The molecule has 0 radical (unpaired) electrons. The van der Waals surface area contributed by atoms with Crippen LogP contribution in [0, 0.1) is 0 Å². The van der Waals surface area contributed by atoms with Crippen LogP contribution in [-0.2, 0) is 4.79 Å². The minimum atomic E-state index is -0.826. The van der Waals surface area contributed by atoms with E-state index in [4.69, 9.17) is 10.8 Å². The van der Waals surface area contributed by atoms with Crippen LogP contribution in [0.15, 0.2) is 12.2 Å². The molecule has 3 nitrogen and oxygen atoms in total. The molecule has 0 bridgehead atoms. The molecule has 0 heterocycles. The first kappa shape index (κ1) is 7.17. The first-order valence-electron chi connectivity index (χ1n) is 2.22. The highest BCUT2D eigenvalue weighted by Gasteiger charge is 2.05. The molecule has 0 aromatic carbocycles. The average Bonchev–Trinajstić information content (AvgIpc) is 1.64. The van der Waals surface area contributed by atoms with Crippen molar-refractivity contribution in [3.63, 3.8) is 0 Å². The molecule has 8 heavy (non-hydrogen) atoms. The molecule has 0 aromatic heterocycles. The highest BCUT2D eigenvalue weighted by molar-refractivity contribution is 5.92. The number of aliphatic hydroxyl groups is 1. The van der Waals surface area contributed by atoms with Gasteiger partial charge < -0.3 is 10.8 Å². The Bertz CT molecular complexity index is 118. The number of aliphatic hydroxyl groups excluding tert-OH is 1. The summed E-state index contributed by atoms with van der Waals surface area (Å²) < 4.78 is 0. The number of nitrogens with two attached hydrogens (primary N) is 1. The van der Waals surface area contributed by atoms with E-state index in [1.165, 1.54) is 6.92 Å². The molecular formula is C5H9NO2. The maximum absolute atomic E-state index is 10.1. The van der Waals surface area contributed by atoms with Gasteiger partial charge in [0, 0.05) is 5.57 Å². The third-order valence-corrected chi connectivity index (χ3v) is 0.821. The second-order valence-corrected chi connectivity index (χ2v) is 1.57. The van der Waals surface area contributed by atoms with E-state index in [-0.39, 0.29) is 5.57 Å². The molecule has 0 aliphatic heterocycles. The summed E-state index contributed by atoms with van der Waals surface area (Å²) in [6, 6.07) is 0. The summed E-state index contributed by atoms with van der Waals surface area (Å²) in [6.07, 6.45) is -0.826. The Morgan fingerprint density at radius 2 is 2.25 bits per heavy atom. The van der Waals surface area contributed by atoms with Gasteiger partial charge in [-0.05, 0) is 6.92 Å². The summed E-state index contributed by atoms with van der Waals surface area (Å²) in [5, 5.41) is 8.59. The van der Waals surface area contributed by atoms with Crippen molar-refractivity contribution in [2.75, 3.05) is 0 Å². The fourth-order valence-electron chi connectivity index (χ4n) is 0.206. The van der Waals surface area contributed by atoms with Crippen LogP contribution in [0.25, 0.3) is 0 Å². The van der Waals surface area contributed by atoms with Gasteiger partial charge in [0.25, 0.3) is 0 Å². The highest BCUT2D eigenvalue weighted by atomic mass is 16.3. The van der Waals surface area contributed by atoms with Gasteiger partial charge in [0.2, 0.25) is 5.91 Å². The van der Waals surface area contributed by atoms with E-state index in [0.29, 0.717) is 0 Å². The zero-order valence-corrected chi connectivity index (χ0v) is 4.72. The molecule has 0 saturated heterocycles. The molecule has 0 aliphatic carbocycles. The van der Waals surface area contributed by atoms with Crippen LogP contribution < -0.4 is 5.73 Å². The van der Waals surface area contributed by atoms with E-state index in [2.05, 4.69) is 6.58 Å². The molecule has 0 aromatic rings. The van der Waals surface area contributed by atoms with Crippen LogP contribution in [0.2, 0.25) is 0 Å². The van der Waals surface area contributed by atoms with Gasteiger partial charge in [-0.1, -0.05) is 6.58 Å². The Balaban J connectivity index is 3.84. The van der Waals surface area contributed by atoms with Gasteiger partial charge in [0.1, 0.15) is 0 Å². The first-order valence-corrected chi connectivity index (χ1v) is 2.22. The van der Waals surface area contributed by atoms with Gasteiger partial charge in [0.15, 0.2) is 0 Å². The number of carbonyl (C=O) groups is 1. The summed E-state index contributed by atoms with van der Waals surface area (Å²) in [7, 11) is 0. The molecular weight excluding hydrogens is 106 g/mol. The van der Waals surface area contributed by atoms with E-state index in [9.17, 15) is 4.79 Å². The molecule has 0 aliphatic rings. The molecule has 3 N–H and O–H groups in total. The molecule has 1 unspecified atom stereocenters. The van der Waals surface area contributed by atoms with E-state index in [1.54, 1.807) is 0 Å². The molecule has 0 saturated carbocycles. The summed E-state index contributed by atoms with van der Waals surface area (Å²) >= 11 is 0. The lowest BCUT2D eigenvalue weighted by Crippen LogP contribution is -2.20. The van der Waals surface area contributed by atoms with Gasteiger partial charge in [-0.15, -0.1) is 0 Å². The predicted molar refractivity (Wildman–Crippen MR) is 30.0 cm³/mol. The molecule has 3 heteroatoms. The number of hydrogen-bond acceptors (Lipinski definition) is 2.